The number of piperidine rings is 1. The molecule has 1 amide bonds. The van der Waals surface area contributed by atoms with Crippen molar-refractivity contribution in [2.24, 2.45) is 0 Å². The van der Waals surface area contributed by atoms with E-state index in [1.807, 2.05) is 4.90 Å². The number of rotatable bonds is 1. The van der Waals surface area contributed by atoms with E-state index in [0.717, 1.165) is 26.1 Å². The third-order valence-electron chi connectivity index (χ3n) is 4.69. The molecule has 0 aliphatic carbocycles. The molecule has 1 aromatic rings. The smallest absolute Gasteiger partial charge is 0.254 e. The van der Waals surface area contributed by atoms with E-state index < -0.39 is 5.82 Å². The largest absolute Gasteiger partial charge is 0.396 e. The molecule has 1 aromatic carbocycles. The van der Waals surface area contributed by atoms with Crippen LogP contribution in [-0.2, 0) is 0 Å². The lowest BCUT2D eigenvalue weighted by molar-refractivity contribution is 0.0151. The van der Waals surface area contributed by atoms with Gasteiger partial charge < -0.3 is 10.6 Å². The number of nitrogens with two attached hydrogens (primary N) is 1. The molecule has 0 saturated carbocycles. The fourth-order valence-corrected chi connectivity index (χ4v) is 3.48. The Labute approximate surface area is 124 Å². The maximum absolute atomic E-state index is 13.2. The molecule has 0 radical (unpaired) electrons. The van der Waals surface area contributed by atoms with E-state index in [4.69, 9.17) is 5.73 Å². The first kappa shape index (κ1) is 14.3. The Kier molecular flexibility index (Phi) is 3.85. The molecule has 0 bridgehead atoms. The van der Waals surface area contributed by atoms with E-state index in [1.54, 1.807) is 0 Å². The summed E-state index contributed by atoms with van der Waals surface area (Å²) in [5, 5.41) is 0. The van der Waals surface area contributed by atoms with Gasteiger partial charge in [-0.05, 0) is 44.5 Å². The van der Waals surface area contributed by atoms with Crippen molar-refractivity contribution in [1.29, 1.82) is 0 Å². The van der Waals surface area contributed by atoms with Gasteiger partial charge in [0.2, 0.25) is 0 Å². The number of hydrogen-bond acceptors (Lipinski definition) is 3. The molecule has 2 unspecified atom stereocenters. The van der Waals surface area contributed by atoms with Gasteiger partial charge in [-0.25, -0.2) is 4.39 Å². The van der Waals surface area contributed by atoms with Crippen LogP contribution in [0.3, 0.4) is 0 Å². The van der Waals surface area contributed by atoms with Crippen LogP contribution in [0.2, 0.25) is 0 Å². The summed E-state index contributed by atoms with van der Waals surface area (Å²) in [5.41, 5.74) is 6.08. The second kappa shape index (κ2) is 5.64. The Morgan fingerprint density at radius 3 is 2.90 bits per heavy atom. The highest BCUT2D eigenvalue weighted by molar-refractivity contribution is 5.95. The Morgan fingerprint density at radius 2 is 2.14 bits per heavy atom. The lowest BCUT2D eigenvalue weighted by Gasteiger charge is -2.47. The number of piperazine rings is 1. The maximum atomic E-state index is 13.2. The van der Waals surface area contributed by atoms with E-state index in [9.17, 15) is 9.18 Å². The molecule has 0 spiro atoms. The van der Waals surface area contributed by atoms with E-state index in [0.29, 0.717) is 11.6 Å². The van der Waals surface area contributed by atoms with Gasteiger partial charge >= 0.3 is 0 Å². The number of hydrogen-bond donors (Lipinski definition) is 1. The SMILES string of the molecule is CC1CN2CCCCC2CN1C(=O)c1ccc(F)c(N)c1. The molecule has 21 heavy (non-hydrogen) atoms. The molecule has 114 valence electrons. The summed E-state index contributed by atoms with van der Waals surface area (Å²) >= 11 is 0. The number of anilines is 1. The Morgan fingerprint density at radius 1 is 1.33 bits per heavy atom. The summed E-state index contributed by atoms with van der Waals surface area (Å²) in [4.78, 5) is 17.1. The van der Waals surface area contributed by atoms with Gasteiger partial charge in [-0.15, -0.1) is 0 Å². The molecule has 2 fully saturated rings. The van der Waals surface area contributed by atoms with Gasteiger partial charge in [-0.3, -0.25) is 9.69 Å². The van der Waals surface area contributed by atoms with E-state index in [-0.39, 0.29) is 17.6 Å². The van der Waals surface area contributed by atoms with Crippen molar-refractivity contribution < 1.29 is 9.18 Å². The molecule has 2 N–H and O–H groups in total. The van der Waals surface area contributed by atoms with Gasteiger partial charge in [0, 0.05) is 30.7 Å². The fraction of sp³-hybridized carbons (Fsp3) is 0.562. The van der Waals surface area contributed by atoms with Crippen molar-refractivity contribution in [3.63, 3.8) is 0 Å². The standard InChI is InChI=1S/C16H22FN3O/c1-11-9-19-7-3-2-4-13(19)10-20(11)16(21)12-5-6-14(17)15(18)8-12/h5-6,8,11,13H,2-4,7,9-10,18H2,1H3. The van der Waals surface area contributed by atoms with Crippen molar-refractivity contribution in [2.75, 3.05) is 25.4 Å². The van der Waals surface area contributed by atoms with Gasteiger partial charge in [-0.2, -0.15) is 0 Å². The third-order valence-corrected chi connectivity index (χ3v) is 4.69. The zero-order valence-electron chi connectivity index (χ0n) is 12.4. The summed E-state index contributed by atoms with van der Waals surface area (Å²) in [6, 6.07) is 4.88. The van der Waals surface area contributed by atoms with E-state index in [2.05, 4.69) is 11.8 Å². The van der Waals surface area contributed by atoms with Crippen LogP contribution in [0.15, 0.2) is 18.2 Å². The number of nitrogen functional groups attached to an aromatic ring is 1. The Hall–Kier alpha value is -1.62. The number of carbonyl (C=O) groups excluding carboxylic acids is 1. The molecule has 2 heterocycles. The first-order valence-electron chi connectivity index (χ1n) is 7.66. The molecule has 0 aromatic heterocycles. The van der Waals surface area contributed by atoms with Crippen LogP contribution >= 0.6 is 0 Å². The minimum Gasteiger partial charge on any atom is -0.396 e. The molecule has 2 aliphatic heterocycles. The van der Waals surface area contributed by atoms with Crippen LogP contribution in [0.25, 0.3) is 0 Å². The average molecular weight is 291 g/mol. The Balaban J connectivity index is 1.78. The molecule has 2 aliphatic rings. The number of nitrogens with zero attached hydrogens (tertiary/aromatic N) is 2. The quantitative estimate of drug-likeness (QED) is 0.806. The minimum atomic E-state index is -0.475. The van der Waals surface area contributed by atoms with Crippen molar-refractivity contribution in [2.45, 2.75) is 38.3 Å². The topological polar surface area (TPSA) is 49.6 Å². The van der Waals surface area contributed by atoms with Crippen LogP contribution in [0.5, 0.6) is 0 Å². The molecular weight excluding hydrogens is 269 g/mol. The fourth-order valence-electron chi connectivity index (χ4n) is 3.48. The average Bonchev–Trinajstić information content (AvgIpc) is 2.48. The van der Waals surface area contributed by atoms with Gasteiger partial charge in [-0.1, -0.05) is 6.42 Å². The zero-order chi connectivity index (χ0) is 15.0. The van der Waals surface area contributed by atoms with Crippen LogP contribution < -0.4 is 5.73 Å². The van der Waals surface area contributed by atoms with Crippen molar-refractivity contribution in [3.8, 4) is 0 Å². The first-order valence-corrected chi connectivity index (χ1v) is 7.66. The second-order valence-corrected chi connectivity index (χ2v) is 6.19. The summed E-state index contributed by atoms with van der Waals surface area (Å²) in [6.07, 6.45) is 3.65. The number of halogens is 1. The van der Waals surface area contributed by atoms with Crippen LogP contribution in [0, 0.1) is 5.82 Å². The van der Waals surface area contributed by atoms with Crippen molar-refractivity contribution in [1.82, 2.24) is 9.80 Å². The second-order valence-electron chi connectivity index (χ2n) is 6.19. The lowest BCUT2D eigenvalue weighted by Crippen LogP contribution is -2.60. The number of benzene rings is 1. The number of amides is 1. The molecule has 2 atom stereocenters. The van der Waals surface area contributed by atoms with E-state index in [1.165, 1.54) is 31.0 Å². The molecule has 5 heteroatoms. The summed E-state index contributed by atoms with van der Waals surface area (Å²) in [7, 11) is 0. The summed E-state index contributed by atoms with van der Waals surface area (Å²) in [5.74, 6) is -0.517. The molecule has 3 rings (SSSR count). The van der Waals surface area contributed by atoms with Gasteiger partial charge in [0.15, 0.2) is 0 Å². The minimum absolute atomic E-state index is 0.0322. The van der Waals surface area contributed by atoms with Gasteiger partial charge in [0.1, 0.15) is 5.82 Å². The highest BCUT2D eigenvalue weighted by Crippen LogP contribution is 2.25. The van der Waals surface area contributed by atoms with Crippen LogP contribution in [0.1, 0.15) is 36.5 Å². The highest BCUT2D eigenvalue weighted by atomic mass is 19.1. The van der Waals surface area contributed by atoms with Gasteiger partial charge in [0.25, 0.3) is 5.91 Å². The van der Waals surface area contributed by atoms with Crippen LogP contribution in [-0.4, -0.2) is 47.4 Å². The van der Waals surface area contributed by atoms with Crippen molar-refractivity contribution >= 4 is 11.6 Å². The number of carbonyl (C=O) groups is 1. The molecule has 4 nitrogen and oxygen atoms in total. The normalized spacial score (nSPS) is 26.5. The maximum Gasteiger partial charge on any atom is 0.254 e. The summed E-state index contributed by atoms with van der Waals surface area (Å²) < 4.78 is 13.2. The molecule has 2 saturated heterocycles. The third kappa shape index (κ3) is 2.75. The predicted molar refractivity (Wildman–Crippen MR) is 80.5 cm³/mol. The monoisotopic (exact) mass is 291 g/mol. The summed E-state index contributed by atoms with van der Waals surface area (Å²) in [6.45, 7) is 4.90. The highest BCUT2D eigenvalue weighted by Gasteiger charge is 2.35. The van der Waals surface area contributed by atoms with E-state index >= 15 is 0 Å². The van der Waals surface area contributed by atoms with Gasteiger partial charge in [0.05, 0.1) is 5.69 Å². The first-order chi connectivity index (χ1) is 10.1. The number of fused-ring (bicyclic) bond motifs is 1. The predicted octanol–water partition coefficient (Wildman–Crippen LogP) is 2.11. The Bertz CT molecular complexity index is 548. The van der Waals surface area contributed by atoms with Crippen LogP contribution in [0.4, 0.5) is 10.1 Å². The molecular formula is C16H22FN3O. The van der Waals surface area contributed by atoms with Crippen molar-refractivity contribution in [3.05, 3.63) is 29.6 Å². The zero-order valence-corrected chi connectivity index (χ0v) is 12.4. The lowest BCUT2D eigenvalue weighted by atomic mass is 9.96.